The van der Waals surface area contributed by atoms with E-state index >= 15 is 0 Å². The van der Waals surface area contributed by atoms with E-state index in [1.54, 1.807) is 41.3 Å². The van der Waals surface area contributed by atoms with E-state index in [1.165, 1.54) is 16.1 Å². The van der Waals surface area contributed by atoms with Crippen molar-refractivity contribution in [3.8, 4) is 0 Å². The lowest BCUT2D eigenvalue weighted by atomic mass is 10.0. The average molecular weight is 670 g/mol. The van der Waals surface area contributed by atoms with Crippen molar-refractivity contribution in [3.63, 3.8) is 0 Å². The molecule has 2 amide bonds. The Labute approximate surface area is 283 Å². The van der Waals surface area contributed by atoms with Gasteiger partial charge in [-0.3, -0.25) is 13.9 Å². The Kier molecular flexibility index (Phi) is 11.4. The van der Waals surface area contributed by atoms with Gasteiger partial charge in [0, 0.05) is 23.9 Å². The van der Waals surface area contributed by atoms with Gasteiger partial charge in [-0.05, 0) is 86.0 Å². The Morgan fingerprint density at radius 3 is 2.13 bits per heavy atom. The van der Waals surface area contributed by atoms with Crippen LogP contribution >= 0.6 is 11.8 Å². The van der Waals surface area contributed by atoms with Crippen molar-refractivity contribution >= 4 is 39.3 Å². The van der Waals surface area contributed by atoms with Crippen molar-refractivity contribution in [1.82, 2.24) is 10.2 Å². The molecule has 9 heteroatoms. The van der Waals surface area contributed by atoms with E-state index in [1.807, 2.05) is 86.8 Å². The molecule has 0 saturated heterocycles. The number of carbonyl (C=O) groups is 2. The molecule has 1 atom stereocenters. The minimum atomic E-state index is -4.15. The van der Waals surface area contributed by atoms with E-state index in [-0.39, 0.29) is 23.4 Å². The van der Waals surface area contributed by atoms with Gasteiger partial charge in [0.2, 0.25) is 11.8 Å². The number of aryl methyl sites for hydroxylation is 2. The molecule has 4 aromatic carbocycles. The third-order valence-electron chi connectivity index (χ3n) is 8.82. The molecule has 0 radical (unpaired) electrons. The maximum absolute atomic E-state index is 14.7. The molecule has 1 aliphatic carbocycles. The van der Waals surface area contributed by atoms with E-state index in [0.29, 0.717) is 12.1 Å². The smallest absolute Gasteiger partial charge is 0.264 e. The van der Waals surface area contributed by atoms with Crippen molar-refractivity contribution in [1.29, 1.82) is 0 Å². The molecular weight excluding hydrogens is 627 g/mol. The summed E-state index contributed by atoms with van der Waals surface area (Å²) in [4.78, 5) is 31.5. The number of thioether (sulfide) groups is 1. The summed E-state index contributed by atoms with van der Waals surface area (Å²) in [5.74, 6) is -0.680. The topological polar surface area (TPSA) is 86.8 Å². The molecule has 1 aliphatic rings. The molecule has 0 unspecified atom stereocenters. The molecule has 246 valence electrons. The van der Waals surface area contributed by atoms with Gasteiger partial charge >= 0.3 is 0 Å². The molecule has 5 rings (SSSR count). The summed E-state index contributed by atoms with van der Waals surface area (Å²) < 4.78 is 29.7. The van der Waals surface area contributed by atoms with Crippen LogP contribution in [-0.4, -0.2) is 50.0 Å². The maximum Gasteiger partial charge on any atom is 0.264 e. The summed E-state index contributed by atoms with van der Waals surface area (Å²) in [7, 11) is -4.15. The Hall–Kier alpha value is -4.08. The van der Waals surface area contributed by atoms with Crippen LogP contribution in [0.4, 0.5) is 5.69 Å². The van der Waals surface area contributed by atoms with Gasteiger partial charge in [-0.25, -0.2) is 8.42 Å². The molecule has 1 saturated carbocycles. The van der Waals surface area contributed by atoms with Crippen molar-refractivity contribution in [2.75, 3.05) is 17.1 Å². The monoisotopic (exact) mass is 669 g/mol. The van der Waals surface area contributed by atoms with Crippen LogP contribution in [0.3, 0.4) is 0 Å². The van der Waals surface area contributed by atoms with Crippen LogP contribution in [0.5, 0.6) is 0 Å². The number of hydrogen-bond acceptors (Lipinski definition) is 5. The summed E-state index contributed by atoms with van der Waals surface area (Å²) in [6, 6.07) is 30.4. The first kappa shape index (κ1) is 34.3. The quantitative estimate of drug-likeness (QED) is 0.156. The van der Waals surface area contributed by atoms with Crippen molar-refractivity contribution in [3.05, 3.63) is 125 Å². The Morgan fingerprint density at radius 2 is 1.49 bits per heavy atom. The minimum absolute atomic E-state index is 0.0601. The Bertz CT molecular complexity index is 1760. The number of rotatable bonds is 13. The van der Waals surface area contributed by atoms with Crippen molar-refractivity contribution < 1.29 is 18.0 Å². The van der Waals surface area contributed by atoms with Gasteiger partial charge in [-0.15, -0.1) is 11.8 Å². The van der Waals surface area contributed by atoms with Crippen LogP contribution in [-0.2, 0) is 32.6 Å². The molecule has 7 nitrogen and oxygen atoms in total. The van der Waals surface area contributed by atoms with E-state index in [0.717, 1.165) is 52.8 Å². The van der Waals surface area contributed by atoms with Gasteiger partial charge in [0.1, 0.15) is 12.6 Å². The number of nitrogens with one attached hydrogen (secondary N) is 1. The highest BCUT2D eigenvalue weighted by Gasteiger charge is 2.35. The fourth-order valence-electron chi connectivity index (χ4n) is 6.01. The van der Waals surface area contributed by atoms with Gasteiger partial charge in [-0.2, -0.15) is 0 Å². The average Bonchev–Trinajstić information content (AvgIpc) is 3.60. The van der Waals surface area contributed by atoms with Gasteiger partial charge in [0.15, 0.2) is 0 Å². The molecule has 1 N–H and O–H groups in total. The van der Waals surface area contributed by atoms with Gasteiger partial charge < -0.3 is 10.2 Å². The number of nitrogens with zero attached hydrogens (tertiary/aromatic N) is 2. The highest BCUT2D eigenvalue weighted by Crippen LogP contribution is 2.27. The zero-order chi connectivity index (χ0) is 33.4. The molecule has 0 aromatic heterocycles. The van der Waals surface area contributed by atoms with Crippen LogP contribution in [0.15, 0.2) is 113 Å². The lowest BCUT2D eigenvalue weighted by Gasteiger charge is -2.34. The largest absolute Gasteiger partial charge is 0.352 e. The summed E-state index contributed by atoms with van der Waals surface area (Å²) in [5.41, 5.74) is 4.14. The highest BCUT2D eigenvalue weighted by atomic mass is 32.2. The first-order valence-corrected chi connectivity index (χ1v) is 18.7. The fourth-order valence-corrected chi connectivity index (χ4v) is 7.83. The van der Waals surface area contributed by atoms with Crippen LogP contribution in [0.25, 0.3) is 0 Å². The highest BCUT2D eigenvalue weighted by molar-refractivity contribution is 7.98. The van der Waals surface area contributed by atoms with Gasteiger partial charge in [0.25, 0.3) is 10.0 Å². The number of sulfonamides is 1. The number of hydrogen-bond donors (Lipinski definition) is 1. The van der Waals surface area contributed by atoms with Crippen LogP contribution < -0.4 is 9.62 Å². The second-order valence-corrected chi connectivity index (χ2v) is 14.9. The molecule has 0 bridgehead atoms. The van der Waals surface area contributed by atoms with Crippen LogP contribution in [0.1, 0.15) is 47.9 Å². The SMILES string of the molecule is CSc1ccc(S(=O)(=O)N(CC(=O)N(Cc2ccccc2C)[C@H](Cc2ccccc2)C(=O)NC2CCCC2)c2ccc(C)cc2)cc1. The van der Waals surface area contributed by atoms with E-state index < -0.39 is 28.5 Å². The summed E-state index contributed by atoms with van der Waals surface area (Å²) in [6.45, 7) is 3.59. The molecule has 1 fully saturated rings. The number of anilines is 1. The van der Waals surface area contributed by atoms with E-state index in [2.05, 4.69) is 5.32 Å². The minimum Gasteiger partial charge on any atom is -0.352 e. The van der Waals surface area contributed by atoms with Crippen LogP contribution in [0.2, 0.25) is 0 Å². The first-order chi connectivity index (χ1) is 22.7. The number of amides is 2. The third-order valence-corrected chi connectivity index (χ3v) is 11.4. The molecule has 47 heavy (non-hydrogen) atoms. The zero-order valence-corrected chi connectivity index (χ0v) is 28.9. The molecule has 0 aliphatic heterocycles. The summed E-state index contributed by atoms with van der Waals surface area (Å²) >= 11 is 1.52. The first-order valence-electron chi connectivity index (χ1n) is 16.1. The molecule has 0 heterocycles. The zero-order valence-electron chi connectivity index (χ0n) is 27.3. The van der Waals surface area contributed by atoms with Crippen molar-refractivity contribution in [2.24, 2.45) is 0 Å². The fraction of sp³-hybridized carbons (Fsp3) is 0.316. The normalized spacial score (nSPS) is 14.0. The Balaban J connectivity index is 1.56. The second-order valence-electron chi connectivity index (χ2n) is 12.2. The van der Waals surface area contributed by atoms with E-state index in [4.69, 9.17) is 0 Å². The lowest BCUT2D eigenvalue weighted by Crippen LogP contribution is -2.54. The van der Waals surface area contributed by atoms with Gasteiger partial charge in [-0.1, -0.05) is 85.1 Å². The molecule has 0 spiro atoms. The van der Waals surface area contributed by atoms with Gasteiger partial charge in [0.05, 0.1) is 10.6 Å². The van der Waals surface area contributed by atoms with Crippen molar-refractivity contribution in [2.45, 2.75) is 74.4 Å². The molecule has 4 aromatic rings. The predicted molar refractivity (Wildman–Crippen MR) is 190 cm³/mol. The summed E-state index contributed by atoms with van der Waals surface area (Å²) in [5, 5.41) is 3.23. The van der Waals surface area contributed by atoms with Crippen LogP contribution in [0, 0.1) is 13.8 Å². The maximum atomic E-state index is 14.7. The van der Waals surface area contributed by atoms with E-state index in [9.17, 15) is 18.0 Å². The third kappa shape index (κ3) is 8.64. The lowest BCUT2D eigenvalue weighted by molar-refractivity contribution is -0.140. The second kappa shape index (κ2) is 15.7. The Morgan fingerprint density at radius 1 is 0.851 bits per heavy atom. The predicted octanol–water partition coefficient (Wildman–Crippen LogP) is 6.92. The standard InChI is InChI=1S/C38H43N3O4S2/c1-28-17-19-33(20-18-28)41(47(44,45)35-23-21-34(46-3)22-24-35)27-37(42)40(26-31-14-8-7-11-29(31)2)36(25-30-12-5-4-6-13-30)38(43)39-32-15-9-10-16-32/h4-8,11-14,17-24,32,36H,9-10,15-16,25-27H2,1-3H3,(H,39,43)/t36-/m1/s1. The molecular formula is C38H43N3O4S2. The summed E-state index contributed by atoms with van der Waals surface area (Å²) in [6.07, 6.45) is 6.15. The number of carbonyl (C=O) groups excluding carboxylic acids is 2. The number of benzene rings is 4.